The number of aliphatic hydroxyl groups excluding tert-OH is 10. The third-order valence-electron chi connectivity index (χ3n) is 24.0. The Kier molecular flexibility index (Phi) is 30.0. The van der Waals surface area contributed by atoms with Crippen LogP contribution in [0.1, 0.15) is 141 Å². The van der Waals surface area contributed by atoms with E-state index in [4.69, 9.17) is 71.6 Å². The fourth-order valence-corrected chi connectivity index (χ4v) is 17.1. The van der Waals surface area contributed by atoms with E-state index in [-0.39, 0.29) is 39.8 Å². The van der Waals surface area contributed by atoms with Gasteiger partial charge in [-0.1, -0.05) is 93.4 Å². The topological polar surface area (TPSA) is 662 Å². The first kappa shape index (κ1) is 97.0. The number of phenolic OH excluding ortho intramolecular Hbond substituents is 4. The standard InChI is InChI=1S/C89H99Cl2N9O33/c1-4-34(2)9-7-5-6-8-10-61(109)95-69-75(114)72(111)59(32-102)130-88(69)133-79-56-26-41-27-57(79)127-53-18-14-39(24-48(53)91)78(132-87-68(93-35(3)104)74(113)71(110)58(31-101)129-87)70-85(122)99-67(86(123)124)46-29-43(106)30-55(128-89-77(116)76(115)73(112)60(33-103)131-89)62(46)45-23-38(13-15-50(45)107)64(82(119)100-70)97-84(121)66(41)98-83(120)65-40-21-42(105)28-44(22-40)125-54-25-37(12-16-51(54)108)63(92)81(118)94-49(80(117)96-65)20-36-11-17-52(126-56)47(90)19-36/h11-19,21-30,34,49,58-60,63-78,87-89,101-103,105-108,110-116H,4-10,20,31-33,92H2,1-3H3,(H,93,104)(H,94,118)(H,95,109)(H,96,117)(H,97,121)(H,98,120)(H,99,122)(H,100,119)(H,123,124)/t34?,49-,58-,59-,60-,63-,64-,65+,66-,67-,68-,69-,70+,71-,72-,73-,74-,75-,76+,77+,78-,87+,88+,89+/m1/s1. The zero-order chi connectivity index (χ0) is 95.6. The molecular weight excluding hydrogens is 1790 g/mol. The van der Waals surface area contributed by atoms with Gasteiger partial charge in [0.1, 0.15) is 156 Å². The molecule has 712 valence electrons. The first-order valence-corrected chi connectivity index (χ1v) is 43.2. The first-order chi connectivity index (χ1) is 63.4. The van der Waals surface area contributed by atoms with Gasteiger partial charge >= 0.3 is 5.97 Å². The minimum absolute atomic E-state index is 0.0270. The van der Waals surface area contributed by atoms with Crippen LogP contribution in [0.2, 0.25) is 10.0 Å². The number of halogens is 2. The number of phenols is 4. The van der Waals surface area contributed by atoms with E-state index in [1.165, 1.54) is 30.3 Å². The molecule has 9 aliphatic rings. The maximum atomic E-state index is 17.0. The Bertz CT molecular complexity index is 5580. The third-order valence-corrected chi connectivity index (χ3v) is 24.6. The maximum absolute atomic E-state index is 17.0. The average molecular weight is 1890 g/mol. The zero-order valence-electron chi connectivity index (χ0n) is 71.0. The second-order valence-electron chi connectivity index (χ2n) is 33.3. The van der Waals surface area contributed by atoms with Crippen LogP contribution in [-0.4, -0.2) is 254 Å². The fourth-order valence-electron chi connectivity index (χ4n) is 16.6. The Balaban J connectivity index is 1.03. The van der Waals surface area contributed by atoms with Crippen molar-refractivity contribution in [2.45, 2.75) is 213 Å². The Morgan fingerprint density at radius 3 is 1.70 bits per heavy atom. The molecule has 9 heterocycles. The monoisotopic (exact) mass is 1890 g/mol. The number of carbonyl (C=O) groups excluding carboxylic acids is 8. The van der Waals surface area contributed by atoms with E-state index in [0.717, 1.165) is 118 Å². The minimum Gasteiger partial charge on any atom is -0.508 e. The van der Waals surface area contributed by atoms with E-state index >= 15 is 24.0 Å². The number of aliphatic hydroxyl groups is 10. The lowest BCUT2D eigenvalue weighted by Gasteiger charge is -2.44. The summed E-state index contributed by atoms with van der Waals surface area (Å²) < 4.78 is 57.5. The number of aliphatic carboxylic acids is 1. The summed E-state index contributed by atoms with van der Waals surface area (Å²) in [7, 11) is 0. The largest absolute Gasteiger partial charge is 0.508 e. The summed E-state index contributed by atoms with van der Waals surface area (Å²) in [6.07, 6.45) is -24.9. The van der Waals surface area contributed by atoms with E-state index in [2.05, 4.69) is 56.4 Å². The summed E-state index contributed by atoms with van der Waals surface area (Å²) in [5.41, 5.74) is 2.80. The van der Waals surface area contributed by atoms with Crippen LogP contribution in [0.3, 0.4) is 0 Å². The molecule has 7 aromatic carbocycles. The molecule has 0 spiro atoms. The van der Waals surface area contributed by atoms with Gasteiger partial charge in [-0.2, -0.15) is 0 Å². The van der Waals surface area contributed by atoms with Gasteiger partial charge in [-0.15, -0.1) is 0 Å². The highest BCUT2D eigenvalue weighted by Crippen LogP contribution is 2.51. The molecule has 16 rings (SSSR count). The zero-order valence-corrected chi connectivity index (χ0v) is 72.5. The summed E-state index contributed by atoms with van der Waals surface area (Å²) in [6, 6.07) is 0.677. The van der Waals surface area contributed by atoms with E-state index in [1.807, 2.05) is 0 Å². The van der Waals surface area contributed by atoms with E-state index in [0.29, 0.717) is 18.8 Å². The van der Waals surface area contributed by atoms with Gasteiger partial charge in [0.2, 0.25) is 65.6 Å². The second-order valence-corrected chi connectivity index (χ2v) is 34.1. The summed E-state index contributed by atoms with van der Waals surface area (Å²) >= 11 is 14.7. The van der Waals surface area contributed by atoms with Crippen molar-refractivity contribution >= 4 is 76.4 Å². The predicted octanol–water partition coefficient (Wildman–Crippen LogP) is 1.41. The predicted molar refractivity (Wildman–Crippen MR) is 458 cm³/mol. The number of hydrogen-bond acceptors (Lipinski definition) is 33. The molecule has 3 saturated heterocycles. The molecular formula is C89H99Cl2N9O33. The van der Waals surface area contributed by atoms with Gasteiger partial charge in [-0.05, 0) is 125 Å². The van der Waals surface area contributed by atoms with Crippen LogP contribution < -0.4 is 72.0 Å². The van der Waals surface area contributed by atoms with Gasteiger partial charge < -0.3 is 167 Å². The molecule has 0 aliphatic carbocycles. The number of benzene rings is 7. The van der Waals surface area contributed by atoms with Crippen LogP contribution >= 0.6 is 23.2 Å². The fraction of sp³-hybridized carbons (Fsp3) is 0.427. The van der Waals surface area contributed by atoms with Gasteiger partial charge in [-0.25, -0.2) is 4.79 Å². The molecule has 25 N–H and O–H groups in total. The number of carboxylic acids is 1. The van der Waals surface area contributed by atoms with Crippen LogP contribution in [0, 0.1) is 5.92 Å². The van der Waals surface area contributed by atoms with Crippen molar-refractivity contribution in [2.24, 2.45) is 11.7 Å². The lowest BCUT2D eigenvalue weighted by atomic mass is 9.89. The van der Waals surface area contributed by atoms with E-state index in [9.17, 15) is 95.8 Å². The molecule has 8 amide bonds. The average Bonchev–Trinajstić information content (AvgIpc) is 0.763. The molecule has 7 aromatic rings. The number of carboxylic acid groups (broad SMARTS) is 1. The Labute approximate surface area is 766 Å². The van der Waals surface area contributed by atoms with Crippen molar-refractivity contribution in [2.75, 3.05) is 19.8 Å². The number of hydrogen-bond donors (Lipinski definition) is 24. The third kappa shape index (κ3) is 21.1. The molecule has 0 aromatic heterocycles. The van der Waals surface area contributed by atoms with Gasteiger partial charge in [0.05, 0.1) is 29.9 Å². The molecule has 0 radical (unpaired) electrons. The van der Waals surface area contributed by atoms with Crippen molar-refractivity contribution in [3.05, 3.63) is 164 Å². The number of fused-ring (bicyclic) bond motifs is 14. The van der Waals surface area contributed by atoms with Crippen LogP contribution in [0.25, 0.3) is 11.1 Å². The molecule has 9 aliphatic heterocycles. The molecule has 133 heavy (non-hydrogen) atoms. The lowest BCUT2D eigenvalue weighted by Crippen LogP contribution is -2.65. The quantitative estimate of drug-likeness (QED) is 0.0480. The Hall–Kier alpha value is -12.1. The second kappa shape index (κ2) is 41.2. The SMILES string of the molecule is CCC(C)CCCCCCC(=O)N[C@H]1[C@H](Oc2c3cc4cc2Oc2ccc(cc2Cl)[C@@H](O[C@@H]2O[C@H](CO)[C@@H](O)[C@H](O)[C@H]2NC(C)=O)[C@@H]2NC(=O)[C@H](NC(=O)[C@@H]4NC(=O)[C@H]4NC(=O)[C@@H](Cc5ccc(c(Cl)c5)O3)NC(=O)[C@H](N)c3ccc(O)c(c3)Oc3cc(O)cc4c3)c3ccc(O)c(c3)-c3c(O[C@H]4O[C@H](CO)[C@@H](O)[C@H](O)[C@@H]4O)cc(O)cc3[C@H](C(=O)O)NC2=O)O[C@H](CO)[C@@H](O)[C@@H]1O. The Morgan fingerprint density at radius 1 is 0.511 bits per heavy atom. The molecule has 3 fully saturated rings. The van der Waals surface area contributed by atoms with Crippen molar-refractivity contribution in [1.29, 1.82) is 0 Å². The molecule has 17 bridgehead atoms. The summed E-state index contributed by atoms with van der Waals surface area (Å²) in [4.78, 5) is 138. The highest BCUT2D eigenvalue weighted by atomic mass is 35.5. The number of nitrogens with two attached hydrogens (primary N) is 1. The van der Waals surface area contributed by atoms with Crippen molar-refractivity contribution in [3.63, 3.8) is 0 Å². The van der Waals surface area contributed by atoms with Gasteiger partial charge in [-0.3, -0.25) is 38.4 Å². The van der Waals surface area contributed by atoms with E-state index in [1.54, 1.807) is 0 Å². The van der Waals surface area contributed by atoms with Crippen molar-refractivity contribution in [1.82, 2.24) is 42.5 Å². The van der Waals surface area contributed by atoms with Gasteiger partial charge in [0.15, 0.2) is 35.3 Å². The number of carbonyl (C=O) groups is 9. The normalized spacial score (nSPS) is 29.0. The molecule has 1 unspecified atom stereocenters. The number of ether oxygens (including phenoxy) is 9. The summed E-state index contributed by atoms with van der Waals surface area (Å²) in [6.45, 7) is 2.03. The van der Waals surface area contributed by atoms with Crippen LogP contribution in [0.4, 0.5) is 0 Å². The van der Waals surface area contributed by atoms with Crippen LogP contribution in [-0.2, 0) is 68.5 Å². The minimum atomic E-state index is -2.59. The van der Waals surface area contributed by atoms with Crippen molar-refractivity contribution < 1.29 is 162 Å². The van der Waals surface area contributed by atoms with Crippen LogP contribution in [0.15, 0.2) is 115 Å². The number of unbranched alkanes of at least 4 members (excludes halogenated alkanes) is 3. The molecule has 42 nitrogen and oxygen atoms in total. The number of aromatic hydroxyl groups is 4. The highest BCUT2D eigenvalue weighted by molar-refractivity contribution is 6.32. The highest BCUT2D eigenvalue weighted by Gasteiger charge is 2.52. The summed E-state index contributed by atoms with van der Waals surface area (Å²) in [5.74, 6) is -19.1. The molecule has 0 saturated carbocycles. The number of amides is 8. The van der Waals surface area contributed by atoms with Crippen LogP contribution in [0.5, 0.6) is 69.0 Å². The van der Waals surface area contributed by atoms with Crippen molar-refractivity contribution in [3.8, 4) is 80.1 Å². The molecule has 44 heteroatoms. The smallest absolute Gasteiger partial charge is 0.330 e. The number of rotatable bonds is 20. The van der Waals surface area contributed by atoms with Gasteiger partial charge in [0.25, 0.3) is 0 Å². The Morgan fingerprint density at radius 2 is 1.07 bits per heavy atom. The summed E-state index contributed by atoms with van der Waals surface area (Å²) in [5, 5.41) is 190. The first-order valence-electron chi connectivity index (χ1n) is 42.5. The maximum Gasteiger partial charge on any atom is 0.330 e. The lowest BCUT2D eigenvalue weighted by molar-refractivity contribution is -0.284. The molecule has 24 atom stereocenters. The van der Waals surface area contributed by atoms with Gasteiger partial charge in [0, 0.05) is 48.6 Å². The van der Waals surface area contributed by atoms with E-state index < -0.39 is 316 Å². The number of nitrogens with one attached hydrogen (secondary N) is 8.